The van der Waals surface area contributed by atoms with E-state index in [1.54, 1.807) is 0 Å². The Kier molecular flexibility index (Phi) is 4.54. The molecule has 2 N–H and O–H groups in total. The minimum atomic E-state index is -1.03. The van der Waals surface area contributed by atoms with E-state index < -0.39 is 17.9 Å². The van der Waals surface area contributed by atoms with Gasteiger partial charge in [0.1, 0.15) is 17.9 Å². The fourth-order valence-electron chi connectivity index (χ4n) is 2.39. The summed E-state index contributed by atoms with van der Waals surface area (Å²) in [5.74, 6) is -1.27. The first-order valence-corrected chi connectivity index (χ1v) is 7.31. The Labute approximate surface area is 129 Å². The van der Waals surface area contributed by atoms with Gasteiger partial charge in [0.15, 0.2) is 0 Å². The maximum Gasteiger partial charge on any atom is 0.326 e. The summed E-state index contributed by atoms with van der Waals surface area (Å²) in [7, 11) is 0. The normalized spacial score (nSPS) is 12.6. The van der Waals surface area contributed by atoms with Crippen molar-refractivity contribution in [2.24, 2.45) is 5.92 Å². The second kappa shape index (κ2) is 6.22. The molecular weight excluding hydrogens is 282 g/mol. The highest BCUT2D eigenvalue weighted by atomic mass is 16.4. The van der Waals surface area contributed by atoms with Crippen LogP contribution in [0.15, 0.2) is 22.8 Å². The predicted molar refractivity (Wildman–Crippen MR) is 84.0 cm³/mol. The highest BCUT2D eigenvalue weighted by Gasteiger charge is 2.23. The molecule has 118 valence electrons. The highest BCUT2D eigenvalue weighted by Crippen LogP contribution is 2.25. The van der Waals surface area contributed by atoms with Crippen LogP contribution in [0.25, 0.3) is 11.0 Å². The maximum atomic E-state index is 12.4. The molecule has 0 fully saturated rings. The largest absolute Gasteiger partial charge is 0.480 e. The van der Waals surface area contributed by atoms with Crippen LogP contribution in [0.3, 0.4) is 0 Å². The molecule has 2 aromatic rings. The smallest absolute Gasteiger partial charge is 0.326 e. The lowest BCUT2D eigenvalue weighted by Crippen LogP contribution is -2.41. The minimum absolute atomic E-state index is 0.174. The molecule has 0 spiro atoms. The van der Waals surface area contributed by atoms with Gasteiger partial charge in [-0.25, -0.2) is 4.79 Å². The Morgan fingerprint density at radius 1 is 1.23 bits per heavy atom. The van der Waals surface area contributed by atoms with Crippen LogP contribution in [0, 0.1) is 19.8 Å². The van der Waals surface area contributed by atoms with E-state index in [2.05, 4.69) is 5.32 Å². The molecule has 0 aliphatic heterocycles. The van der Waals surface area contributed by atoms with Gasteiger partial charge in [-0.1, -0.05) is 13.8 Å². The summed E-state index contributed by atoms with van der Waals surface area (Å²) < 4.78 is 5.42. The molecule has 0 aliphatic carbocycles. The fourth-order valence-corrected chi connectivity index (χ4v) is 2.39. The molecule has 0 saturated heterocycles. The molecule has 0 bridgehead atoms. The van der Waals surface area contributed by atoms with Crippen LogP contribution in [0.1, 0.15) is 41.8 Å². The van der Waals surface area contributed by atoms with Gasteiger partial charge in [0.05, 0.1) is 5.56 Å². The van der Waals surface area contributed by atoms with Gasteiger partial charge >= 0.3 is 5.97 Å². The summed E-state index contributed by atoms with van der Waals surface area (Å²) in [5, 5.41) is 12.5. The van der Waals surface area contributed by atoms with E-state index in [1.807, 2.05) is 39.8 Å². The number of aliphatic carboxylic acids is 1. The molecule has 1 heterocycles. The molecule has 1 aromatic heterocycles. The molecule has 0 saturated carbocycles. The van der Waals surface area contributed by atoms with Gasteiger partial charge in [0, 0.05) is 5.39 Å². The van der Waals surface area contributed by atoms with Gasteiger partial charge in [0.25, 0.3) is 5.91 Å². The number of hydrogen-bond donors (Lipinski definition) is 2. The molecule has 22 heavy (non-hydrogen) atoms. The maximum absolute atomic E-state index is 12.4. The summed E-state index contributed by atoms with van der Waals surface area (Å²) in [4.78, 5) is 23.6. The van der Waals surface area contributed by atoms with Gasteiger partial charge in [-0.05, 0) is 49.4 Å². The second-order valence-electron chi connectivity index (χ2n) is 6.08. The molecule has 0 aliphatic rings. The number of furan rings is 1. The first kappa shape index (κ1) is 16.1. The van der Waals surface area contributed by atoms with Crippen molar-refractivity contribution in [3.05, 3.63) is 35.1 Å². The summed E-state index contributed by atoms with van der Waals surface area (Å²) in [6, 6.07) is 2.87. The molecule has 1 unspecified atom stereocenters. The number of carboxylic acids is 1. The lowest BCUT2D eigenvalue weighted by Gasteiger charge is -2.16. The quantitative estimate of drug-likeness (QED) is 0.888. The molecule has 0 radical (unpaired) electrons. The molecule has 5 nitrogen and oxygen atoms in total. The van der Waals surface area contributed by atoms with E-state index >= 15 is 0 Å². The average molecular weight is 303 g/mol. The van der Waals surface area contributed by atoms with Crippen LogP contribution in [0.5, 0.6) is 0 Å². The van der Waals surface area contributed by atoms with Gasteiger partial charge in [0.2, 0.25) is 0 Å². The predicted octanol–water partition coefficient (Wildman–Crippen LogP) is 3.28. The number of rotatable bonds is 5. The SMILES string of the molecule is Cc1cc2occ(C(=O)NC(CC(C)C)C(=O)O)c2cc1C. The van der Waals surface area contributed by atoms with Gasteiger partial charge in [-0.2, -0.15) is 0 Å². The van der Waals surface area contributed by atoms with Gasteiger partial charge in [-0.3, -0.25) is 4.79 Å². The molecule has 1 atom stereocenters. The number of amides is 1. The standard InChI is InChI=1S/C17H21NO4/c1-9(2)5-14(17(20)21)18-16(19)13-8-22-15-7-11(4)10(3)6-12(13)15/h6-9,14H,5H2,1-4H3,(H,18,19)(H,20,21). The minimum Gasteiger partial charge on any atom is -0.480 e. The third kappa shape index (κ3) is 3.30. The van der Waals surface area contributed by atoms with Crippen molar-refractivity contribution >= 4 is 22.8 Å². The first-order valence-electron chi connectivity index (χ1n) is 7.31. The number of carbonyl (C=O) groups excluding carboxylic acids is 1. The van der Waals surface area contributed by atoms with E-state index in [9.17, 15) is 14.7 Å². The van der Waals surface area contributed by atoms with Crippen LogP contribution >= 0.6 is 0 Å². The van der Waals surface area contributed by atoms with Crippen LogP contribution in [-0.2, 0) is 4.79 Å². The number of nitrogens with one attached hydrogen (secondary N) is 1. The highest BCUT2D eigenvalue weighted by molar-refractivity contribution is 6.07. The summed E-state index contributed by atoms with van der Waals surface area (Å²) in [6.07, 6.45) is 1.77. The Morgan fingerprint density at radius 2 is 1.86 bits per heavy atom. The third-order valence-electron chi connectivity index (χ3n) is 3.74. The second-order valence-corrected chi connectivity index (χ2v) is 6.08. The van der Waals surface area contributed by atoms with Crippen LogP contribution in [-0.4, -0.2) is 23.0 Å². The van der Waals surface area contributed by atoms with E-state index in [1.165, 1.54) is 6.26 Å². The summed E-state index contributed by atoms with van der Waals surface area (Å²) in [6.45, 7) is 7.77. The Morgan fingerprint density at radius 3 is 2.45 bits per heavy atom. The van der Waals surface area contributed by atoms with E-state index in [0.717, 1.165) is 11.1 Å². The number of aryl methyl sites for hydroxylation is 2. The number of carbonyl (C=O) groups is 2. The molecule has 2 rings (SSSR count). The van der Waals surface area contributed by atoms with Crippen molar-refractivity contribution in [3.8, 4) is 0 Å². The van der Waals surface area contributed by atoms with Crippen molar-refractivity contribution in [1.29, 1.82) is 0 Å². The number of benzene rings is 1. The van der Waals surface area contributed by atoms with Crippen molar-refractivity contribution in [2.75, 3.05) is 0 Å². The number of hydrogen-bond acceptors (Lipinski definition) is 3. The molecule has 5 heteroatoms. The van der Waals surface area contributed by atoms with Crippen molar-refractivity contribution < 1.29 is 19.1 Å². The van der Waals surface area contributed by atoms with E-state index in [0.29, 0.717) is 23.0 Å². The Bertz CT molecular complexity index is 715. The molecule has 1 amide bonds. The monoisotopic (exact) mass is 303 g/mol. The Hall–Kier alpha value is -2.30. The molecular formula is C17H21NO4. The number of carboxylic acid groups (broad SMARTS) is 1. The van der Waals surface area contributed by atoms with Gasteiger partial charge < -0.3 is 14.8 Å². The van der Waals surface area contributed by atoms with E-state index in [-0.39, 0.29) is 5.92 Å². The van der Waals surface area contributed by atoms with Crippen molar-refractivity contribution in [3.63, 3.8) is 0 Å². The zero-order valence-corrected chi connectivity index (χ0v) is 13.3. The summed E-state index contributed by atoms with van der Waals surface area (Å²) in [5.41, 5.74) is 3.13. The van der Waals surface area contributed by atoms with Crippen molar-refractivity contribution in [2.45, 2.75) is 40.2 Å². The zero-order valence-electron chi connectivity index (χ0n) is 13.3. The zero-order chi connectivity index (χ0) is 16.4. The fraction of sp³-hybridized carbons (Fsp3) is 0.412. The molecule has 1 aromatic carbocycles. The van der Waals surface area contributed by atoms with E-state index in [4.69, 9.17) is 4.42 Å². The summed E-state index contributed by atoms with van der Waals surface area (Å²) >= 11 is 0. The van der Waals surface area contributed by atoms with Crippen LogP contribution < -0.4 is 5.32 Å². The topological polar surface area (TPSA) is 79.5 Å². The first-order chi connectivity index (χ1) is 10.3. The number of fused-ring (bicyclic) bond motifs is 1. The lowest BCUT2D eigenvalue weighted by atomic mass is 10.0. The van der Waals surface area contributed by atoms with Crippen LogP contribution in [0.2, 0.25) is 0 Å². The van der Waals surface area contributed by atoms with Gasteiger partial charge in [-0.15, -0.1) is 0 Å². The van der Waals surface area contributed by atoms with Crippen molar-refractivity contribution in [1.82, 2.24) is 5.32 Å². The average Bonchev–Trinajstić information content (AvgIpc) is 2.80. The van der Waals surface area contributed by atoms with Crippen LogP contribution in [0.4, 0.5) is 0 Å². The Balaban J connectivity index is 2.29. The lowest BCUT2D eigenvalue weighted by molar-refractivity contribution is -0.139. The third-order valence-corrected chi connectivity index (χ3v) is 3.74.